The smallest absolute Gasteiger partial charge is 0.187 e. The largest absolute Gasteiger partial charge is 0.497 e. The van der Waals surface area contributed by atoms with Gasteiger partial charge in [-0.25, -0.2) is 5.01 Å². The molecule has 0 bridgehead atoms. The number of thiocarbonyl (C=S) groups is 1. The zero-order valence-corrected chi connectivity index (χ0v) is 14.1. The molecule has 6 heteroatoms. The molecular weight excluding hydrogens is 314 g/mol. The lowest BCUT2D eigenvalue weighted by molar-refractivity contribution is 0.377. The fourth-order valence-corrected chi connectivity index (χ4v) is 3.80. The Labute approximate surface area is 139 Å². The molecule has 0 radical (unpaired) electrons. The molecule has 2 heterocycles. The Hall–Kier alpha value is -1.92. The minimum Gasteiger partial charge on any atom is -0.497 e. The highest BCUT2D eigenvalue weighted by atomic mass is 32.1. The molecule has 0 saturated carbocycles. The van der Waals surface area contributed by atoms with Crippen molar-refractivity contribution in [3.8, 4) is 5.75 Å². The van der Waals surface area contributed by atoms with E-state index < -0.39 is 0 Å². The zero-order chi connectivity index (χ0) is 15.7. The number of hydrogen-bond donors (Lipinski definition) is 1. The number of benzene rings is 1. The highest BCUT2D eigenvalue weighted by Crippen LogP contribution is 2.37. The van der Waals surface area contributed by atoms with E-state index >= 15 is 0 Å². The maximum absolute atomic E-state index is 5.87. The molecule has 1 aliphatic heterocycles. The number of hydrogen-bond acceptors (Lipinski definition) is 4. The highest BCUT2D eigenvalue weighted by molar-refractivity contribution is 7.80. The first kappa shape index (κ1) is 15.0. The first-order valence-electron chi connectivity index (χ1n) is 6.94. The Morgan fingerprint density at radius 1 is 1.45 bits per heavy atom. The van der Waals surface area contributed by atoms with Crippen LogP contribution in [0.25, 0.3) is 0 Å². The van der Waals surface area contributed by atoms with Gasteiger partial charge in [0.1, 0.15) is 5.75 Å². The Morgan fingerprint density at radius 3 is 2.91 bits per heavy atom. The lowest BCUT2D eigenvalue weighted by Crippen LogP contribution is -2.31. The molecule has 2 aromatic rings. The van der Waals surface area contributed by atoms with Gasteiger partial charge in [0.2, 0.25) is 0 Å². The van der Waals surface area contributed by atoms with Crippen LogP contribution in [0.5, 0.6) is 5.75 Å². The zero-order valence-electron chi connectivity index (χ0n) is 12.4. The van der Waals surface area contributed by atoms with Crippen molar-refractivity contribution in [1.29, 1.82) is 0 Å². The van der Waals surface area contributed by atoms with E-state index in [4.69, 9.17) is 22.7 Å². The predicted molar refractivity (Wildman–Crippen MR) is 94.6 cm³/mol. The van der Waals surface area contributed by atoms with E-state index in [1.807, 2.05) is 24.3 Å². The molecule has 0 fully saturated rings. The van der Waals surface area contributed by atoms with Gasteiger partial charge in [0.15, 0.2) is 5.11 Å². The third kappa shape index (κ3) is 2.71. The van der Waals surface area contributed by atoms with Crippen LogP contribution in [0.2, 0.25) is 0 Å². The van der Waals surface area contributed by atoms with Gasteiger partial charge in [0.05, 0.1) is 18.9 Å². The summed E-state index contributed by atoms with van der Waals surface area (Å²) in [6.07, 6.45) is 0.784. The van der Waals surface area contributed by atoms with Crippen LogP contribution in [0.3, 0.4) is 0 Å². The molecular formula is C16H17N3OS2. The van der Waals surface area contributed by atoms with Crippen molar-refractivity contribution in [2.75, 3.05) is 7.11 Å². The first-order chi connectivity index (χ1) is 10.6. The molecule has 1 atom stereocenters. The van der Waals surface area contributed by atoms with Crippen molar-refractivity contribution < 1.29 is 4.74 Å². The van der Waals surface area contributed by atoms with E-state index in [9.17, 15) is 0 Å². The van der Waals surface area contributed by atoms with Gasteiger partial charge < -0.3 is 10.5 Å². The maximum atomic E-state index is 5.87. The molecule has 2 N–H and O–H groups in total. The lowest BCUT2D eigenvalue weighted by Gasteiger charge is -2.21. The molecule has 1 aromatic carbocycles. The predicted octanol–water partition coefficient (Wildman–Crippen LogP) is 3.46. The van der Waals surface area contributed by atoms with Gasteiger partial charge in [-0.2, -0.15) is 5.10 Å². The SMILES string of the molecule is COc1cccc(C2=NN(C(N)=S)C(c3sccc3C)C2)c1. The average Bonchev–Trinajstić information content (AvgIpc) is 3.13. The number of hydrazone groups is 1. The molecule has 1 aliphatic rings. The average molecular weight is 331 g/mol. The van der Waals surface area contributed by atoms with Gasteiger partial charge in [0.25, 0.3) is 0 Å². The summed E-state index contributed by atoms with van der Waals surface area (Å²) in [5.74, 6) is 0.817. The number of thiophene rings is 1. The number of ether oxygens (including phenoxy) is 1. The van der Waals surface area contributed by atoms with Gasteiger partial charge in [-0.05, 0) is 48.3 Å². The molecule has 114 valence electrons. The summed E-state index contributed by atoms with van der Waals surface area (Å²) in [5.41, 5.74) is 9.13. The third-order valence-corrected chi connectivity index (χ3v) is 5.05. The Balaban J connectivity index is 1.96. The molecule has 0 aliphatic carbocycles. The summed E-state index contributed by atoms with van der Waals surface area (Å²) in [4.78, 5) is 1.26. The lowest BCUT2D eigenvalue weighted by atomic mass is 10.0. The number of nitrogens with two attached hydrogens (primary N) is 1. The minimum atomic E-state index is 0.0821. The van der Waals surface area contributed by atoms with Crippen molar-refractivity contribution in [3.63, 3.8) is 0 Å². The maximum Gasteiger partial charge on any atom is 0.187 e. The van der Waals surface area contributed by atoms with Gasteiger partial charge in [0, 0.05) is 16.9 Å². The third-order valence-electron chi connectivity index (χ3n) is 3.74. The van der Waals surface area contributed by atoms with Gasteiger partial charge >= 0.3 is 0 Å². The summed E-state index contributed by atoms with van der Waals surface area (Å²) in [6, 6.07) is 10.1. The van der Waals surface area contributed by atoms with E-state index in [-0.39, 0.29) is 6.04 Å². The molecule has 1 aromatic heterocycles. The van der Waals surface area contributed by atoms with Crippen molar-refractivity contribution in [2.45, 2.75) is 19.4 Å². The number of aryl methyl sites for hydroxylation is 1. The van der Waals surface area contributed by atoms with Crippen LogP contribution in [0.1, 0.15) is 28.5 Å². The first-order valence-corrected chi connectivity index (χ1v) is 8.23. The minimum absolute atomic E-state index is 0.0821. The Bertz CT molecular complexity index is 738. The van der Waals surface area contributed by atoms with E-state index in [0.29, 0.717) is 5.11 Å². The normalized spacial score (nSPS) is 17.5. The summed E-state index contributed by atoms with van der Waals surface area (Å²) in [7, 11) is 1.66. The molecule has 3 rings (SSSR count). The molecule has 22 heavy (non-hydrogen) atoms. The van der Waals surface area contributed by atoms with E-state index in [2.05, 4.69) is 23.5 Å². The second kappa shape index (κ2) is 6.06. The highest BCUT2D eigenvalue weighted by Gasteiger charge is 2.32. The van der Waals surface area contributed by atoms with E-state index in [1.54, 1.807) is 23.5 Å². The molecule has 4 nitrogen and oxygen atoms in total. The van der Waals surface area contributed by atoms with Crippen LogP contribution < -0.4 is 10.5 Å². The monoisotopic (exact) mass is 331 g/mol. The standard InChI is InChI=1S/C16H17N3OS2/c1-10-6-7-22-15(10)14-9-13(18-19(14)16(17)21)11-4-3-5-12(8-11)20-2/h3-8,14H,9H2,1-2H3,(H2,17,21). The summed E-state index contributed by atoms with van der Waals surface area (Å²) < 4.78 is 5.29. The van der Waals surface area contributed by atoms with Gasteiger partial charge in [-0.3, -0.25) is 0 Å². The number of rotatable bonds is 3. The molecule has 0 saturated heterocycles. The summed E-state index contributed by atoms with van der Waals surface area (Å²) >= 11 is 6.90. The second-order valence-corrected chi connectivity index (χ2v) is 6.52. The van der Waals surface area contributed by atoms with Gasteiger partial charge in [-0.15, -0.1) is 11.3 Å². The van der Waals surface area contributed by atoms with Crippen molar-refractivity contribution in [1.82, 2.24) is 5.01 Å². The van der Waals surface area contributed by atoms with Crippen LogP contribution in [0.15, 0.2) is 40.8 Å². The number of methoxy groups -OCH3 is 1. The van der Waals surface area contributed by atoms with Crippen LogP contribution in [0, 0.1) is 6.92 Å². The second-order valence-electron chi connectivity index (χ2n) is 5.15. The van der Waals surface area contributed by atoms with Crippen molar-refractivity contribution in [3.05, 3.63) is 51.7 Å². The summed E-state index contributed by atoms with van der Waals surface area (Å²) in [6.45, 7) is 2.10. The fraction of sp³-hybridized carbons (Fsp3) is 0.250. The van der Waals surface area contributed by atoms with Crippen LogP contribution in [-0.4, -0.2) is 22.9 Å². The molecule has 0 spiro atoms. The quantitative estimate of drug-likeness (QED) is 0.875. The van der Waals surface area contributed by atoms with Crippen LogP contribution >= 0.6 is 23.6 Å². The van der Waals surface area contributed by atoms with Gasteiger partial charge in [-0.1, -0.05) is 12.1 Å². The fourth-order valence-electron chi connectivity index (χ4n) is 2.62. The Kier molecular flexibility index (Phi) is 4.13. The molecule has 1 unspecified atom stereocenters. The van der Waals surface area contributed by atoms with Crippen LogP contribution in [0.4, 0.5) is 0 Å². The summed E-state index contributed by atoms with van der Waals surface area (Å²) in [5, 5.41) is 8.79. The Morgan fingerprint density at radius 2 is 2.27 bits per heavy atom. The van der Waals surface area contributed by atoms with E-state index in [1.165, 1.54) is 10.4 Å². The van der Waals surface area contributed by atoms with E-state index in [0.717, 1.165) is 23.4 Å². The number of nitrogens with zero attached hydrogens (tertiary/aromatic N) is 2. The molecule has 0 amide bonds. The topological polar surface area (TPSA) is 50.8 Å². The van der Waals surface area contributed by atoms with Crippen molar-refractivity contribution >= 4 is 34.4 Å². The van der Waals surface area contributed by atoms with Crippen molar-refractivity contribution in [2.24, 2.45) is 10.8 Å². The van der Waals surface area contributed by atoms with Crippen LogP contribution in [-0.2, 0) is 0 Å².